The lowest BCUT2D eigenvalue weighted by Gasteiger charge is -2.28. The van der Waals surface area contributed by atoms with Crippen molar-refractivity contribution in [2.24, 2.45) is 5.92 Å². The molecule has 5 N–H and O–H groups in total. The van der Waals surface area contributed by atoms with Crippen LogP contribution in [-0.4, -0.2) is 53.1 Å². The van der Waals surface area contributed by atoms with E-state index < -0.39 is 17.4 Å². The zero-order valence-electron chi connectivity index (χ0n) is 27.0. The molecule has 0 bridgehead atoms. The van der Waals surface area contributed by atoms with Crippen LogP contribution in [0.5, 0.6) is 5.75 Å². The standard InChI is InChI=1S/C38H40N4O6/c1-26(7-6-10-35(44)41(21-22-43)24-27-8-4-3-5-9-27)38(47)33-23-32(48-2)19-20-34(33)42(37(38)46)25-28-11-17-31(18-12-28)40-36(45)29-13-15-30(39)16-14-29/h3-9,11-20,23,26,43,47H,10,21-22,24-25,39H2,1-2H3,(H,40,45)/b7-6+/t26-,38+/m0/s1. The summed E-state index contributed by atoms with van der Waals surface area (Å²) in [7, 11) is 1.52. The first-order valence-electron chi connectivity index (χ1n) is 15.7. The molecule has 0 spiro atoms. The van der Waals surface area contributed by atoms with Crippen molar-refractivity contribution in [3.8, 4) is 5.75 Å². The third kappa shape index (κ3) is 7.41. The van der Waals surface area contributed by atoms with Crippen LogP contribution in [0, 0.1) is 5.92 Å². The molecular formula is C38H40N4O6. The highest BCUT2D eigenvalue weighted by atomic mass is 16.5. The number of aliphatic hydroxyl groups is 2. The summed E-state index contributed by atoms with van der Waals surface area (Å²) in [4.78, 5) is 42.9. The van der Waals surface area contributed by atoms with Crippen LogP contribution in [0.3, 0.4) is 0 Å². The lowest BCUT2D eigenvalue weighted by Crippen LogP contribution is -2.44. The quantitative estimate of drug-likeness (QED) is 0.120. The Morgan fingerprint density at radius 3 is 2.38 bits per heavy atom. The Balaban J connectivity index is 1.30. The third-order valence-corrected chi connectivity index (χ3v) is 8.52. The molecule has 2 atom stereocenters. The molecule has 0 radical (unpaired) electrons. The molecule has 3 amide bonds. The molecule has 0 aliphatic carbocycles. The molecule has 4 aromatic rings. The second kappa shape index (κ2) is 15.0. The van der Waals surface area contributed by atoms with Gasteiger partial charge in [0.1, 0.15) is 5.75 Å². The van der Waals surface area contributed by atoms with Gasteiger partial charge < -0.3 is 35.8 Å². The van der Waals surface area contributed by atoms with Crippen molar-refractivity contribution in [2.75, 3.05) is 36.2 Å². The highest BCUT2D eigenvalue weighted by Crippen LogP contribution is 2.47. The van der Waals surface area contributed by atoms with E-state index in [0.717, 1.165) is 11.1 Å². The maximum absolute atomic E-state index is 14.0. The molecule has 4 aromatic carbocycles. The number of aliphatic hydroxyl groups excluding tert-OH is 1. The molecule has 0 fully saturated rings. The number of rotatable bonds is 13. The number of amides is 3. The van der Waals surface area contributed by atoms with Crippen LogP contribution in [-0.2, 0) is 28.3 Å². The van der Waals surface area contributed by atoms with Gasteiger partial charge in [0.15, 0.2) is 5.60 Å². The molecule has 248 valence electrons. The van der Waals surface area contributed by atoms with E-state index in [1.165, 1.54) is 12.0 Å². The fourth-order valence-electron chi connectivity index (χ4n) is 5.78. The number of nitrogens with one attached hydrogen (secondary N) is 1. The van der Waals surface area contributed by atoms with Crippen LogP contribution < -0.4 is 20.7 Å². The summed E-state index contributed by atoms with van der Waals surface area (Å²) in [5, 5.41) is 24.5. The topological polar surface area (TPSA) is 145 Å². The van der Waals surface area contributed by atoms with Gasteiger partial charge in [0.2, 0.25) is 5.91 Å². The van der Waals surface area contributed by atoms with Gasteiger partial charge in [-0.15, -0.1) is 0 Å². The maximum Gasteiger partial charge on any atom is 0.264 e. The van der Waals surface area contributed by atoms with E-state index >= 15 is 0 Å². The summed E-state index contributed by atoms with van der Waals surface area (Å²) in [5.41, 5.74) is 8.14. The number of nitrogen functional groups attached to an aromatic ring is 1. The predicted molar refractivity (Wildman–Crippen MR) is 185 cm³/mol. The molecule has 0 saturated carbocycles. The fraction of sp³-hybridized carbons (Fsp3) is 0.237. The lowest BCUT2D eigenvalue weighted by molar-refractivity contribution is -0.139. The van der Waals surface area contributed by atoms with E-state index in [0.29, 0.717) is 40.5 Å². The van der Waals surface area contributed by atoms with Gasteiger partial charge in [-0.1, -0.05) is 61.5 Å². The van der Waals surface area contributed by atoms with Crippen molar-refractivity contribution in [2.45, 2.75) is 32.0 Å². The van der Waals surface area contributed by atoms with Crippen LogP contribution in [0.2, 0.25) is 0 Å². The van der Waals surface area contributed by atoms with Crippen LogP contribution in [0.15, 0.2) is 109 Å². The number of fused-ring (bicyclic) bond motifs is 1. The molecule has 48 heavy (non-hydrogen) atoms. The van der Waals surface area contributed by atoms with Crippen LogP contribution in [0.25, 0.3) is 0 Å². The second-order valence-electron chi connectivity index (χ2n) is 11.8. The highest BCUT2D eigenvalue weighted by Gasteiger charge is 2.52. The number of hydrogen-bond donors (Lipinski definition) is 4. The van der Waals surface area contributed by atoms with Crippen LogP contribution >= 0.6 is 0 Å². The minimum atomic E-state index is -1.91. The first-order valence-corrected chi connectivity index (χ1v) is 15.7. The van der Waals surface area contributed by atoms with Gasteiger partial charge in [-0.3, -0.25) is 14.4 Å². The van der Waals surface area contributed by atoms with Crippen molar-refractivity contribution in [3.05, 3.63) is 131 Å². The van der Waals surface area contributed by atoms with E-state index in [1.54, 1.807) is 78.6 Å². The van der Waals surface area contributed by atoms with E-state index in [4.69, 9.17) is 10.5 Å². The summed E-state index contributed by atoms with van der Waals surface area (Å²) in [6.07, 6.45) is 3.38. The first kappa shape index (κ1) is 33.9. The normalized spacial score (nSPS) is 16.1. The Morgan fingerprint density at radius 1 is 1.00 bits per heavy atom. The van der Waals surface area contributed by atoms with Crippen LogP contribution in [0.4, 0.5) is 17.1 Å². The van der Waals surface area contributed by atoms with Crippen LogP contribution in [0.1, 0.15) is 40.4 Å². The zero-order chi connectivity index (χ0) is 34.3. The molecule has 10 heteroatoms. The number of anilines is 3. The number of methoxy groups -OCH3 is 1. The predicted octanol–water partition coefficient (Wildman–Crippen LogP) is 4.87. The Morgan fingerprint density at radius 2 is 1.71 bits per heavy atom. The molecule has 0 saturated heterocycles. The van der Waals surface area contributed by atoms with E-state index in [2.05, 4.69) is 5.32 Å². The minimum Gasteiger partial charge on any atom is -0.497 e. The molecule has 1 heterocycles. The number of hydrogen-bond acceptors (Lipinski definition) is 7. The number of carbonyl (C=O) groups excluding carboxylic acids is 3. The van der Waals surface area contributed by atoms with Gasteiger partial charge >= 0.3 is 0 Å². The highest BCUT2D eigenvalue weighted by molar-refractivity contribution is 6.07. The van der Waals surface area contributed by atoms with Crippen molar-refractivity contribution < 1.29 is 29.3 Å². The largest absolute Gasteiger partial charge is 0.497 e. The molecule has 1 aliphatic rings. The van der Waals surface area contributed by atoms with Gasteiger partial charge in [-0.2, -0.15) is 0 Å². The number of nitrogens with zero attached hydrogens (tertiary/aromatic N) is 2. The van der Waals surface area contributed by atoms with Crippen molar-refractivity contribution >= 4 is 34.8 Å². The molecule has 5 rings (SSSR count). The molecule has 10 nitrogen and oxygen atoms in total. The van der Waals surface area contributed by atoms with Crippen molar-refractivity contribution in [1.82, 2.24) is 4.90 Å². The molecular weight excluding hydrogens is 608 g/mol. The van der Waals surface area contributed by atoms with Gasteiger partial charge in [0.25, 0.3) is 11.8 Å². The van der Waals surface area contributed by atoms with Gasteiger partial charge in [0.05, 0.1) is 25.9 Å². The SMILES string of the molecule is COc1ccc2c(c1)[C@](O)([C@@H](C)/C=C/CC(=O)N(CCO)Cc1ccccc1)C(=O)N2Cc1ccc(NC(=O)c2ccc(N)cc2)cc1. The molecule has 0 aromatic heterocycles. The number of ether oxygens (including phenoxy) is 1. The summed E-state index contributed by atoms with van der Waals surface area (Å²) in [6.45, 7) is 2.31. The molecule has 1 aliphatic heterocycles. The van der Waals surface area contributed by atoms with Crippen molar-refractivity contribution in [3.63, 3.8) is 0 Å². The van der Waals surface area contributed by atoms with E-state index in [9.17, 15) is 24.6 Å². The monoisotopic (exact) mass is 648 g/mol. The third-order valence-electron chi connectivity index (χ3n) is 8.52. The Bertz CT molecular complexity index is 1780. The Hall–Kier alpha value is -5.45. The number of nitrogens with two attached hydrogens (primary N) is 1. The molecule has 0 unspecified atom stereocenters. The number of carbonyl (C=O) groups is 3. The maximum atomic E-state index is 14.0. The number of benzene rings is 4. The summed E-state index contributed by atoms with van der Waals surface area (Å²) >= 11 is 0. The summed E-state index contributed by atoms with van der Waals surface area (Å²) in [5.74, 6) is -1.15. The van der Waals surface area contributed by atoms with E-state index in [1.807, 2.05) is 42.5 Å². The van der Waals surface area contributed by atoms with E-state index in [-0.39, 0.29) is 37.9 Å². The minimum absolute atomic E-state index is 0.0390. The Kier molecular flexibility index (Phi) is 10.6. The lowest BCUT2D eigenvalue weighted by atomic mass is 9.83. The summed E-state index contributed by atoms with van der Waals surface area (Å²) in [6, 6.07) is 28.5. The zero-order valence-corrected chi connectivity index (χ0v) is 27.0. The smallest absolute Gasteiger partial charge is 0.264 e. The average Bonchev–Trinajstić information content (AvgIpc) is 3.31. The Labute approximate surface area is 280 Å². The first-order chi connectivity index (χ1) is 23.1. The van der Waals surface area contributed by atoms with Crippen molar-refractivity contribution in [1.29, 1.82) is 0 Å². The van der Waals surface area contributed by atoms with Gasteiger partial charge in [-0.25, -0.2) is 0 Å². The summed E-state index contributed by atoms with van der Waals surface area (Å²) < 4.78 is 5.42. The van der Waals surface area contributed by atoms with Gasteiger partial charge in [-0.05, 0) is 65.7 Å². The fourth-order valence-corrected chi connectivity index (χ4v) is 5.78. The van der Waals surface area contributed by atoms with Gasteiger partial charge in [0, 0.05) is 47.9 Å². The second-order valence-corrected chi connectivity index (χ2v) is 11.8. The average molecular weight is 649 g/mol.